The maximum absolute atomic E-state index is 5.60. The highest BCUT2D eigenvalue weighted by atomic mass is 79.9. The lowest BCUT2D eigenvalue weighted by Gasteiger charge is -2.04. The summed E-state index contributed by atoms with van der Waals surface area (Å²) in [6.45, 7) is 0.511. The molecule has 0 spiro atoms. The first-order valence-corrected chi connectivity index (χ1v) is 5.48. The number of rotatable bonds is 2. The van der Waals surface area contributed by atoms with Gasteiger partial charge >= 0.3 is 0 Å². The third kappa shape index (κ3) is 1.96. The number of imidazole rings is 1. The van der Waals surface area contributed by atoms with Crippen LogP contribution in [-0.2, 0) is 13.6 Å². The summed E-state index contributed by atoms with van der Waals surface area (Å²) >= 11 is 3.45. The number of nitrogens with zero attached hydrogens (tertiary/aromatic N) is 2. The average Bonchev–Trinajstić information content (AvgIpc) is 2.59. The van der Waals surface area contributed by atoms with E-state index in [-0.39, 0.29) is 0 Å². The fourth-order valence-electron chi connectivity index (χ4n) is 1.53. The molecule has 0 saturated heterocycles. The molecule has 0 atom stereocenters. The lowest BCUT2D eigenvalue weighted by Crippen LogP contribution is -2.04. The van der Waals surface area contributed by atoms with E-state index in [2.05, 4.69) is 20.9 Å². The standard InChI is InChI=1S/C11H12BrN3/c1-15-10(6-13)7-14-11(15)8-3-2-4-9(12)5-8/h2-5,7H,6,13H2,1H3. The zero-order chi connectivity index (χ0) is 10.8. The number of aromatic nitrogens is 2. The van der Waals surface area contributed by atoms with Crippen molar-refractivity contribution in [1.82, 2.24) is 9.55 Å². The van der Waals surface area contributed by atoms with Crippen molar-refractivity contribution < 1.29 is 0 Å². The van der Waals surface area contributed by atoms with E-state index in [1.165, 1.54) is 0 Å². The van der Waals surface area contributed by atoms with E-state index in [4.69, 9.17) is 5.73 Å². The largest absolute Gasteiger partial charge is 0.330 e. The third-order valence-corrected chi connectivity index (χ3v) is 2.87. The molecule has 1 aromatic carbocycles. The van der Waals surface area contributed by atoms with E-state index >= 15 is 0 Å². The van der Waals surface area contributed by atoms with E-state index < -0.39 is 0 Å². The van der Waals surface area contributed by atoms with Gasteiger partial charge < -0.3 is 10.3 Å². The van der Waals surface area contributed by atoms with Crippen molar-refractivity contribution in [3.63, 3.8) is 0 Å². The number of halogens is 1. The van der Waals surface area contributed by atoms with Gasteiger partial charge in [0.25, 0.3) is 0 Å². The molecule has 0 amide bonds. The monoisotopic (exact) mass is 265 g/mol. The molecule has 0 aliphatic heterocycles. The van der Waals surface area contributed by atoms with Gasteiger partial charge in [-0.05, 0) is 12.1 Å². The van der Waals surface area contributed by atoms with Gasteiger partial charge in [0.05, 0.1) is 11.9 Å². The highest BCUT2D eigenvalue weighted by Crippen LogP contribution is 2.22. The minimum absolute atomic E-state index is 0.511. The number of hydrogen-bond acceptors (Lipinski definition) is 2. The van der Waals surface area contributed by atoms with Crippen LogP contribution in [0, 0.1) is 0 Å². The fraction of sp³-hybridized carbons (Fsp3) is 0.182. The molecule has 0 aliphatic rings. The number of benzene rings is 1. The second kappa shape index (κ2) is 4.16. The van der Waals surface area contributed by atoms with E-state index in [0.717, 1.165) is 21.6 Å². The molecule has 0 bridgehead atoms. The minimum atomic E-state index is 0.511. The molecule has 78 valence electrons. The van der Waals surface area contributed by atoms with Crippen LogP contribution in [0.4, 0.5) is 0 Å². The molecule has 1 aromatic heterocycles. The van der Waals surface area contributed by atoms with Crippen LogP contribution >= 0.6 is 15.9 Å². The van der Waals surface area contributed by atoms with Crippen molar-refractivity contribution in [3.05, 3.63) is 40.6 Å². The molecule has 3 nitrogen and oxygen atoms in total. The number of hydrogen-bond donors (Lipinski definition) is 1. The molecule has 1 heterocycles. The summed E-state index contributed by atoms with van der Waals surface area (Å²) in [6, 6.07) is 8.07. The maximum Gasteiger partial charge on any atom is 0.139 e. The molecule has 2 N–H and O–H groups in total. The summed E-state index contributed by atoms with van der Waals surface area (Å²) < 4.78 is 3.07. The molecule has 4 heteroatoms. The van der Waals surface area contributed by atoms with Crippen molar-refractivity contribution in [3.8, 4) is 11.4 Å². The SMILES string of the molecule is Cn1c(CN)cnc1-c1cccc(Br)c1. The Labute approximate surface area is 97.1 Å². The van der Waals surface area contributed by atoms with E-state index in [1.54, 1.807) is 0 Å². The van der Waals surface area contributed by atoms with Gasteiger partial charge in [0, 0.05) is 23.6 Å². The Hall–Kier alpha value is -1.13. The summed E-state index contributed by atoms with van der Waals surface area (Å²) in [5, 5.41) is 0. The van der Waals surface area contributed by atoms with Crippen LogP contribution in [0.1, 0.15) is 5.69 Å². The van der Waals surface area contributed by atoms with Crippen LogP contribution in [0.15, 0.2) is 34.9 Å². The normalized spacial score (nSPS) is 10.6. The Morgan fingerprint density at radius 3 is 2.87 bits per heavy atom. The lowest BCUT2D eigenvalue weighted by molar-refractivity contribution is 0.828. The van der Waals surface area contributed by atoms with Crippen LogP contribution in [0.5, 0.6) is 0 Å². The van der Waals surface area contributed by atoms with Crippen LogP contribution in [0.2, 0.25) is 0 Å². The molecule has 2 aromatic rings. The quantitative estimate of drug-likeness (QED) is 0.906. The van der Waals surface area contributed by atoms with Crippen LogP contribution in [0.25, 0.3) is 11.4 Å². The summed E-state index contributed by atoms with van der Waals surface area (Å²) in [7, 11) is 1.98. The van der Waals surface area contributed by atoms with E-state index in [1.807, 2.05) is 42.1 Å². The molecular weight excluding hydrogens is 254 g/mol. The van der Waals surface area contributed by atoms with Gasteiger partial charge in [0.15, 0.2) is 0 Å². The van der Waals surface area contributed by atoms with Gasteiger partial charge in [0.1, 0.15) is 5.82 Å². The topological polar surface area (TPSA) is 43.8 Å². The first-order valence-electron chi connectivity index (χ1n) is 4.69. The Balaban J connectivity index is 2.49. The van der Waals surface area contributed by atoms with Gasteiger partial charge in [0.2, 0.25) is 0 Å². The molecule has 15 heavy (non-hydrogen) atoms. The van der Waals surface area contributed by atoms with Gasteiger partial charge in [-0.15, -0.1) is 0 Å². The summed E-state index contributed by atoms with van der Waals surface area (Å²) in [5.74, 6) is 0.941. The van der Waals surface area contributed by atoms with Crippen molar-refractivity contribution in [1.29, 1.82) is 0 Å². The van der Waals surface area contributed by atoms with Gasteiger partial charge in [-0.3, -0.25) is 0 Å². The summed E-state index contributed by atoms with van der Waals surface area (Å²) in [6.07, 6.45) is 1.82. The van der Waals surface area contributed by atoms with Crippen molar-refractivity contribution in [2.45, 2.75) is 6.54 Å². The second-order valence-corrected chi connectivity index (χ2v) is 4.26. The molecular formula is C11H12BrN3. The number of nitrogens with two attached hydrogens (primary N) is 1. The van der Waals surface area contributed by atoms with Crippen LogP contribution in [0.3, 0.4) is 0 Å². The fourth-order valence-corrected chi connectivity index (χ4v) is 1.93. The Kier molecular flexibility index (Phi) is 2.88. The van der Waals surface area contributed by atoms with Gasteiger partial charge in [-0.2, -0.15) is 0 Å². The zero-order valence-corrected chi connectivity index (χ0v) is 10.0. The summed E-state index contributed by atoms with van der Waals surface area (Å²) in [5.41, 5.74) is 7.72. The summed E-state index contributed by atoms with van der Waals surface area (Å²) in [4.78, 5) is 4.36. The molecule has 0 fully saturated rings. The lowest BCUT2D eigenvalue weighted by atomic mass is 10.2. The van der Waals surface area contributed by atoms with Crippen LogP contribution < -0.4 is 5.73 Å². The highest BCUT2D eigenvalue weighted by Gasteiger charge is 2.07. The molecule has 0 radical (unpaired) electrons. The van der Waals surface area contributed by atoms with Gasteiger partial charge in [-0.1, -0.05) is 28.1 Å². The van der Waals surface area contributed by atoms with Gasteiger partial charge in [-0.25, -0.2) is 4.98 Å². The van der Waals surface area contributed by atoms with Crippen molar-refractivity contribution >= 4 is 15.9 Å². The maximum atomic E-state index is 5.60. The van der Waals surface area contributed by atoms with E-state index in [9.17, 15) is 0 Å². The Bertz CT molecular complexity index is 476. The van der Waals surface area contributed by atoms with Crippen molar-refractivity contribution in [2.24, 2.45) is 12.8 Å². The zero-order valence-electron chi connectivity index (χ0n) is 8.44. The van der Waals surface area contributed by atoms with E-state index in [0.29, 0.717) is 6.54 Å². The Morgan fingerprint density at radius 1 is 1.47 bits per heavy atom. The molecule has 0 saturated carbocycles. The predicted octanol–water partition coefficient (Wildman–Crippen LogP) is 2.31. The Morgan fingerprint density at radius 2 is 2.27 bits per heavy atom. The second-order valence-electron chi connectivity index (χ2n) is 3.35. The first kappa shape index (κ1) is 10.4. The minimum Gasteiger partial charge on any atom is -0.330 e. The molecule has 0 unspecified atom stereocenters. The smallest absolute Gasteiger partial charge is 0.139 e. The average molecular weight is 266 g/mol. The third-order valence-electron chi connectivity index (χ3n) is 2.38. The van der Waals surface area contributed by atoms with Crippen molar-refractivity contribution in [2.75, 3.05) is 0 Å². The predicted molar refractivity (Wildman–Crippen MR) is 64.2 cm³/mol. The highest BCUT2D eigenvalue weighted by molar-refractivity contribution is 9.10. The molecule has 0 aliphatic carbocycles. The first-order chi connectivity index (χ1) is 7.22. The molecule has 2 rings (SSSR count). The van der Waals surface area contributed by atoms with Crippen LogP contribution in [-0.4, -0.2) is 9.55 Å².